The number of carbonyl (C=O) groups excluding carboxylic acids is 1. The van der Waals surface area contributed by atoms with Crippen molar-refractivity contribution in [1.82, 2.24) is 9.55 Å². The summed E-state index contributed by atoms with van der Waals surface area (Å²) in [4.78, 5) is 28.8. The number of hydrogen-bond acceptors (Lipinski definition) is 3. The summed E-state index contributed by atoms with van der Waals surface area (Å²) in [6.07, 6.45) is 6.30. The normalized spacial score (nSPS) is 11.2. The quantitative estimate of drug-likeness (QED) is 0.361. The number of rotatable bonds is 8. The summed E-state index contributed by atoms with van der Waals surface area (Å²) < 4.78 is 2.18. The van der Waals surface area contributed by atoms with Gasteiger partial charge in [0, 0.05) is 12.2 Å². The van der Waals surface area contributed by atoms with Gasteiger partial charge in [0.25, 0.3) is 5.91 Å². The third kappa shape index (κ3) is 5.01. The molecular formula is C27H25N3O3. The smallest absolute Gasteiger partial charge is 0.336 e. The van der Waals surface area contributed by atoms with Crippen LogP contribution in [0.3, 0.4) is 0 Å². The van der Waals surface area contributed by atoms with E-state index in [1.54, 1.807) is 12.1 Å². The third-order valence-corrected chi connectivity index (χ3v) is 5.36. The van der Waals surface area contributed by atoms with Gasteiger partial charge in [0.1, 0.15) is 5.82 Å². The van der Waals surface area contributed by atoms with Crippen molar-refractivity contribution >= 4 is 34.7 Å². The van der Waals surface area contributed by atoms with Crippen molar-refractivity contribution in [3.8, 4) is 0 Å². The van der Waals surface area contributed by atoms with Crippen LogP contribution in [0.15, 0.2) is 78.9 Å². The van der Waals surface area contributed by atoms with Crippen LogP contribution >= 0.6 is 0 Å². The minimum Gasteiger partial charge on any atom is -0.478 e. The Morgan fingerprint density at radius 1 is 0.970 bits per heavy atom. The fraction of sp³-hybridized carbons (Fsp3) is 0.148. The molecule has 1 amide bonds. The molecule has 6 heteroatoms. The lowest BCUT2D eigenvalue weighted by Gasteiger charge is -2.10. The number of unbranched alkanes of at least 4 members (excludes halogenated alkanes) is 1. The zero-order valence-electron chi connectivity index (χ0n) is 18.4. The van der Waals surface area contributed by atoms with Gasteiger partial charge in [-0.15, -0.1) is 0 Å². The minimum absolute atomic E-state index is 0.0257. The van der Waals surface area contributed by atoms with Crippen molar-refractivity contribution in [3.05, 3.63) is 101 Å². The van der Waals surface area contributed by atoms with E-state index in [0.29, 0.717) is 12.2 Å². The van der Waals surface area contributed by atoms with Gasteiger partial charge in [-0.05, 0) is 54.5 Å². The number of para-hydroxylation sites is 2. The van der Waals surface area contributed by atoms with Crippen LogP contribution in [0, 0.1) is 0 Å². The van der Waals surface area contributed by atoms with E-state index >= 15 is 0 Å². The topological polar surface area (TPSA) is 84.2 Å². The van der Waals surface area contributed by atoms with Gasteiger partial charge in [-0.3, -0.25) is 4.79 Å². The number of carbonyl (C=O) groups is 2. The number of fused-ring (bicyclic) bond motifs is 1. The number of amides is 1. The summed E-state index contributed by atoms with van der Waals surface area (Å²) in [5.41, 5.74) is 3.78. The summed E-state index contributed by atoms with van der Waals surface area (Å²) >= 11 is 0. The number of nitrogens with zero attached hydrogens (tertiary/aromatic N) is 2. The van der Waals surface area contributed by atoms with E-state index in [1.807, 2.05) is 42.5 Å². The molecule has 0 saturated heterocycles. The zero-order chi connectivity index (χ0) is 23.2. The second-order valence-corrected chi connectivity index (χ2v) is 7.74. The second kappa shape index (κ2) is 9.96. The van der Waals surface area contributed by atoms with E-state index in [1.165, 1.54) is 12.1 Å². The van der Waals surface area contributed by atoms with Crippen LogP contribution in [0.1, 0.15) is 51.9 Å². The Labute approximate surface area is 192 Å². The number of nitrogens with one attached hydrogen (secondary N) is 1. The molecule has 0 atom stereocenters. The Bertz CT molecular complexity index is 1320. The van der Waals surface area contributed by atoms with Crippen LogP contribution in [-0.4, -0.2) is 26.5 Å². The van der Waals surface area contributed by atoms with Gasteiger partial charge in [0.2, 0.25) is 0 Å². The number of carboxylic acid groups (broad SMARTS) is 1. The Morgan fingerprint density at radius 3 is 2.39 bits per heavy atom. The predicted octanol–water partition coefficient (Wildman–Crippen LogP) is 5.85. The molecule has 0 spiro atoms. The van der Waals surface area contributed by atoms with E-state index in [2.05, 4.69) is 35.0 Å². The van der Waals surface area contributed by atoms with Crippen LogP contribution in [0.4, 0.5) is 5.69 Å². The number of carboxylic acids is 1. The number of hydrogen-bond donors (Lipinski definition) is 2. The van der Waals surface area contributed by atoms with E-state index in [4.69, 9.17) is 4.98 Å². The highest BCUT2D eigenvalue weighted by Crippen LogP contribution is 2.21. The first kappa shape index (κ1) is 22.0. The zero-order valence-corrected chi connectivity index (χ0v) is 18.4. The van der Waals surface area contributed by atoms with Gasteiger partial charge in [0.15, 0.2) is 0 Å². The minimum atomic E-state index is -1.13. The summed E-state index contributed by atoms with van der Waals surface area (Å²) in [5, 5.41) is 12.1. The van der Waals surface area contributed by atoms with Crippen LogP contribution in [0.2, 0.25) is 0 Å². The van der Waals surface area contributed by atoms with Gasteiger partial charge < -0.3 is 15.0 Å². The summed E-state index contributed by atoms with van der Waals surface area (Å²) in [5.74, 6) is -0.676. The van der Waals surface area contributed by atoms with Crippen LogP contribution in [0.25, 0.3) is 17.1 Å². The lowest BCUT2D eigenvalue weighted by Crippen LogP contribution is -2.16. The molecule has 4 rings (SSSR count). The molecule has 33 heavy (non-hydrogen) atoms. The van der Waals surface area contributed by atoms with Gasteiger partial charge in [-0.25, -0.2) is 9.78 Å². The Morgan fingerprint density at radius 2 is 1.67 bits per heavy atom. The highest BCUT2D eigenvalue weighted by Gasteiger charge is 2.16. The molecule has 0 unspecified atom stereocenters. The van der Waals surface area contributed by atoms with Crippen molar-refractivity contribution in [1.29, 1.82) is 0 Å². The number of allylic oxidation sites excluding steroid dienone is 1. The standard InChI is InChI=1S/C27H25N3O3/c1-2-3-4-13-25-29-23-11-7-8-12-24(23)30(25)18-19-14-16-20(17-15-19)28-26(31)21-9-5-6-10-22(21)27(32)33/h4-17H,2-3,18H2,1H3,(H,28,31)(H,32,33)/b13-4+. The molecular weight excluding hydrogens is 414 g/mol. The number of aromatic carboxylic acids is 1. The third-order valence-electron chi connectivity index (χ3n) is 5.36. The van der Waals surface area contributed by atoms with Crippen LogP contribution < -0.4 is 5.32 Å². The number of anilines is 1. The van der Waals surface area contributed by atoms with Crippen molar-refractivity contribution in [2.24, 2.45) is 0 Å². The molecule has 166 valence electrons. The first-order chi connectivity index (χ1) is 16.1. The molecule has 3 aromatic carbocycles. The average Bonchev–Trinajstić information content (AvgIpc) is 3.17. The molecule has 0 aliphatic carbocycles. The lowest BCUT2D eigenvalue weighted by atomic mass is 10.1. The van der Waals surface area contributed by atoms with Crippen molar-refractivity contribution in [2.75, 3.05) is 5.32 Å². The molecule has 0 radical (unpaired) electrons. The molecule has 0 aliphatic heterocycles. The van der Waals surface area contributed by atoms with Crippen molar-refractivity contribution in [3.63, 3.8) is 0 Å². The molecule has 1 aromatic heterocycles. The van der Waals surface area contributed by atoms with Crippen LogP contribution in [0.5, 0.6) is 0 Å². The van der Waals surface area contributed by atoms with E-state index in [0.717, 1.165) is 35.3 Å². The average molecular weight is 440 g/mol. The first-order valence-corrected chi connectivity index (χ1v) is 10.9. The number of imidazole rings is 1. The fourth-order valence-corrected chi connectivity index (χ4v) is 3.69. The maximum Gasteiger partial charge on any atom is 0.336 e. The first-order valence-electron chi connectivity index (χ1n) is 10.9. The molecule has 4 aromatic rings. The van der Waals surface area contributed by atoms with E-state index in [-0.39, 0.29) is 11.1 Å². The van der Waals surface area contributed by atoms with E-state index in [9.17, 15) is 14.7 Å². The van der Waals surface area contributed by atoms with Crippen molar-refractivity contribution in [2.45, 2.75) is 26.3 Å². The maximum absolute atomic E-state index is 12.6. The molecule has 0 aliphatic rings. The number of benzene rings is 3. The lowest BCUT2D eigenvalue weighted by molar-refractivity contribution is 0.0692. The highest BCUT2D eigenvalue weighted by molar-refractivity contribution is 6.10. The van der Waals surface area contributed by atoms with Gasteiger partial charge in [-0.2, -0.15) is 0 Å². The van der Waals surface area contributed by atoms with Crippen molar-refractivity contribution < 1.29 is 14.7 Å². The Kier molecular flexibility index (Phi) is 6.64. The summed E-state index contributed by atoms with van der Waals surface area (Å²) in [6.45, 7) is 2.79. The monoisotopic (exact) mass is 439 g/mol. The number of aromatic nitrogens is 2. The van der Waals surface area contributed by atoms with Gasteiger partial charge in [-0.1, -0.05) is 55.8 Å². The second-order valence-electron chi connectivity index (χ2n) is 7.74. The van der Waals surface area contributed by atoms with E-state index < -0.39 is 11.9 Å². The summed E-state index contributed by atoms with van der Waals surface area (Å²) in [6, 6.07) is 21.8. The SMILES string of the molecule is CCC/C=C/c1nc2ccccc2n1Cc1ccc(NC(=O)c2ccccc2C(=O)O)cc1. The largest absolute Gasteiger partial charge is 0.478 e. The summed E-state index contributed by atoms with van der Waals surface area (Å²) in [7, 11) is 0. The predicted molar refractivity (Wildman–Crippen MR) is 131 cm³/mol. The fourth-order valence-electron chi connectivity index (χ4n) is 3.69. The highest BCUT2D eigenvalue weighted by atomic mass is 16.4. The molecule has 0 bridgehead atoms. The molecule has 0 fully saturated rings. The van der Waals surface area contributed by atoms with Gasteiger partial charge in [0.05, 0.1) is 22.2 Å². The molecule has 2 N–H and O–H groups in total. The molecule has 6 nitrogen and oxygen atoms in total. The Balaban J connectivity index is 1.54. The van der Waals surface area contributed by atoms with Crippen LogP contribution in [-0.2, 0) is 6.54 Å². The molecule has 1 heterocycles. The Hall–Kier alpha value is -4.19. The van der Waals surface area contributed by atoms with Gasteiger partial charge >= 0.3 is 5.97 Å². The maximum atomic E-state index is 12.6. The molecule has 0 saturated carbocycles.